The first-order chi connectivity index (χ1) is 15.1. The number of nitrogens with one attached hydrogen (secondary N) is 1. The third-order valence-electron chi connectivity index (χ3n) is 6.50. The van der Waals surface area contributed by atoms with Crippen molar-refractivity contribution in [2.75, 3.05) is 32.7 Å². The van der Waals surface area contributed by atoms with E-state index < -0.39 is 0 Å². The number of hydrogen-bond donors (Lipinski definition) is 1. The Morgan fingerprint density at radius 3 is 2.29 bits per heavy atom. The minimum Gasteiger partial charge on any atom is -0.352 e. The second kappa shape index (κ2) is 9.94. The van der Waals surface area contributed by atoms with Crippen molar-refractivity contribution in [3.63, 3.8) is 0 Å². The minimum atomic E-state index is -0.163. The molecule has 0 bridgehead atoms. The number of hydrogen-bond acceptors (Lipinski definition) is 3. The van der Waals surface area contributed by atoms with Crippen molar-refractivity contribution in [3.05, 3.63) is 48.0 Å². The molecule has 0 radical (unpaired) electrons. The lowest BCUT2D eigenvalue weighted by Gasteiger charge is -2.35. The predicted octanol–water partition coefficient (Wildman–Crippen LogP) is 3.21. The lowest BCUT2D eigenvalue weighted by Crippen LogP contribution is -2.46. The van der Waals surface area contributed by atoms with Crippen LogP contribution in [0.3, 0.4) is 0 Å². The maximum absolute atomic E-state index is 12.7. The number of likely N-dealkylation sites (tertiary alicyclic amines) is 2. The number of carbonyl (C=O) groups is 3. The molecule has 31 heavy (non-hydrogen) atoms. The molecule has 2 saturated heterocycles. The summed E-state index contributed by atoms with van der Waals surface area (Å²) in [7, 11) is 0. The van der Waals surface area contributed by atoms with Gasteiger partial charge in [0, 0.05) is 50.6 Å². The van der Waals surface area contributed by atoms with E-state index in [1.807, 2.05) is 52.3 Å². The zero-order valence-corrected chi connectivity index (χ0v) is 18.0. The highest BCUT2D eigenvalue weighted by Crippen LogP contribution is 2.22. The summed E-state index contributed by atoms with van der Waals surface area (Å²) in [5, 5.41) is 4.97. The van der Waals surface area contributed by atoms with Crippen molar-refractivity contribution in [3.8, 4) is 0 Å². The van der Waals surface area contributed by atoms with Crippen molar-refractivity contribution >= 4 is 28.5 Å². The van der Waals surface area contributed by atoms with Crippen molar-refractivity contribution in [2.24, 2.45) is 5.92 Å². The molecule has 0 saturated carbocycles. The van der Waals surface area contributed by atoms with Gasteiger partial charge in [-0.05, 0) is 55.0 Å². The summed E-state index contributed by atoms with van der Waals surface area (Å²) >= 11 is 0. The Bertz CT molecular complexity index is 944. The third kappa shape index (κ3) is 5.24. The summed E-state index contributed by atoms with van der Waals surface area (Å²) in [5.41, 5.74) is 0.600. The summed E-state index contributed by atoms with van der Waals surface area (Å²) < 4.78 is 0. The molecule has 6 heteroatoms. The van der Waals surface area contributed by atoms with E-state index in [2.05, 4.69) is 5.32 Å². The standard InChI is InChI=1S/C25H31N3O3/c29-23(27-16-11-20(12-17-27)25(31)28-14-4-1-5-15-28)10-13-26-24(30)22-9-8-19-6-2-3-7-21(19)18-22/h2-3,6-9,18,20H,1,4-5,10-17H2,(H,26,30). The van der Waals surface area contributed by atoms with E-state index >= 15 is 0 Å². The van der Waals surface area contributed by atoms with Crippen LogP contribution in [0.4, 0.5) is 0 Å². The number of fused-ring (bicyclic) bond motifs is 1. The molecule has 0 aromatic heterocycles. The summed E-state index contributed by atoms with van der Waals surface area (Å²) in [5.74, 6) is 0.205. The highest BCUT2D eigenvalue weighted by atomic mass is 16.2. The molecule has 1 N–H and O–H groups in total. The van der Waals surface area contributed by atoms with Crippen molar-refractivity contribution in [1.82, 2.24) is 15.1 Å². The quantitative estimate of drug-likeness (QED) is 0.806. The monoisotopic (exact) mass is 421 g/mol. The van der Waals surface area contributed by atoms with Gasteiger partial charge in [-0.3, -0.25) is 14.4 Å². The Balaban J connectivity index is 1.20. The van der Waals surface area contributed by atoms with Crippen LogP contribution in [0, 0.1) is 5.92 Å². The van der Waals surface area contributed by atoms with Crippen LogP contribution >= 0.6 is 0 Å². The summed E-state index contributed by atoms with van der Waals surface area (Å²) in [6, 6.07) is 13.5. The molecule has 3 amide bonds. The second-order valence-electron chi connectivity index (χ2n) is 8.61. The van der Waals surface area contributed by atoms with E-state index in [0.29, 0.717) is 25.2 Å². The summed E-state index contributed by atoms with van der Waals surface area (Å²) in [6.07, 6.45) is 5.19. The molecule has 0 aliphatic carbocycles. The highest BCUT2D eigenvalue weighted by molar-refractivity contribution is 5.98. The lowest BCUT2D eigenvalue weighted by atomic mass is 9.94. The van der Waals surface area contributed by atoms with E-state index in [1.165, 1.54) is 6.42 Å². The van der Waals surface area contributed by atoms with Gasteiger partial charge in [0.15, 0.2) is 0 Å². The van der Waals surface area contributed by atoms with Crippen LogP contribution in [0.25, 0.3) is 10.8 Å². The zero-order valence-electron chi connectivity index (χ0n) is 18.0. The number of benzene rings is 2. The summed E-state index contributed by atoms with van der Waals surface area (Å²) in [6.45, 7) is 3.34. The number of rotatable bonds is 5. The zero-order chi connectivity index (χ0) is 21.6. The molecule has 0 spiro atoms. The van der Waals surface area contributed by atoms with Gasteiger partial charge >= 0.3 is 0 Å². The Kier molecular flexibility index (Phi) is 6.85. The van der Waals surface area contributed by atoms with Gasteiger partial charge in [-0.2, -0.15) is 0 Å². The first kappa shape index (κ1) is 21.3. The van der Waals surface area contributed by atoms with Gasteiger partial charge in [0.25, 0.3) is 5.91 Å². The molecule has 0 atom stereocenters. The van der Waals surface area contributed by atoms with E-state index in [1.54, 1.807) is 0 Å². The molecule has 164 valence electrons. The SMILES string of the molecule is O=C(NCCC(=O)N1CCC(C(=O)N2CCCCC2)CC1)c1ccc2ccccc2c1. The number of carbonyl (C=O) groups excluding carboxylic acids is 3. The second-order valence-corrected chi connectivity index (χ2v) is 8.61. The molecule has 2 aliphatic heterocycles. The maximum Gasteiger partial charge on any atom is 0.251 e. The fourth-order valence-corrected chi connectivity index (χ4v) is 4.62. The Hall–Kier alpha value is -2.89. The van der Waals surface area contributed by atoms with E-state index in [4.69, 9.17) is 0 Å². The molecular weight excluding hydrogens is 390 g/mol. The lowest BCUT2D eigenvalue weighted by molar-refractivity contribution is -0.141. The largest absolute Gasteiger partial charge is 0.352 e. The van der Waals surface area contributed by atoms with Gasteiger partial charge in [-0.25, -0.2) is 0 Å². The van der Waals surface area contributed by atoms with Crippen LogP contribution in [0.15, 0.2) is 42.5 Å². The van der Waals surface area contributed by atoms with Crippen LogP contribution < -0.4 is 5.32 Å². The van der Waals surface area contributed by atoms with Gasteiger partial charge < -0.3 is 15.1 Å². The van der Waals surface area contributed by atoms with Crippen LogP contribution in [0.1, 0.15) is 48.9 Å². The minimum absolute atomic E-state index is 0.0442. The molecule has 2 fully saturated rings. The Morgan fingerprint density at radius 1 is 0.839 bits per heavy atom. The van der Waals surface area contributed by atoms with Crippen molar-refractivity contribution in [2.45, 2.75) is 38.5 Å². The first-order valence-electron chi connectivity index (χ1n) is 11.5. The molecule has 6 nitrogen and oxygen atoms in total. The van der Waals surface area contributed by atoms with Crippen LogP contribution in [-0.4, -0.2) is 60.2 Å². The van der Waals surface area contributed by atoms with Crippen molar-refractivity contribution in [1.29, 1.82) is 0 Å². The van der Waals surface area contributed by atoms with Crippen LogP contribution in [0.5, 0.6) is 0 Å². The van der Waals surface area contributed by atoms with Crippen LogP contribution in [0.2, 0.25) is 0 Å². The Labute approximate surface area is 183 Å². The molecule has 0 unspecified atom stereocenters. The molecule has 2 heterocycles. The van der Waals surface area contributed by atoms with Gasteiger partial charge in [-0.15, -0.1) is 0 Å². The number of amides is 3. The smallest absolute Gasteiger partial charge is 0.251 e. The van der Waals surface area contributed by atoms with Gasteiger partial charge in [-0.1, -0.05) is 30.3 Å². The molecule has 2 aromatic carbocycles. The predicted molar refractivity (Wildman–Crippen MR) is 121 cm³/mol. The third-order valence-corrected chi connectivity index (χ3v) is 6.50. The fourth-order valence-electron chi connectivity index (χ4n) is 4.62. The van der Waals surface area contributed by atoms with Crippen molar-refractivity contribution < 1.29 is 14.4 Å². The fraction of sp³-hybridized carbons (Fsp3) is 0.480. The van der Waals surface area contributed by atoms with Gasteiger partial charge in [0.05, 0.1) is 0 Å². The topological polar surface area (TPSA) is 69.7 Å². The molecule has 2 aromatic rings. The normalized spacial score (nSPS) is 17.5. The number of nitrogens with zero attached hydrogens (tertiary/aromatic N) is 2. The van der Waals surface area contributed by atoms with E-state index in [-0.39, 0.29) is 30.1 Å². The first-order valence-corrected chi connectivity index (χ1v) is 11.5. The maximum atomic E-state index is 12.7. The van der Waals surface area contributed by atoms with E-state index in [0.717, 1.165) is 49.5 Å². The number of piperidine rings is 2. The molecule has 2 aliphatic rings. The average molecular weight is 422 g/mol. The van der Waals surface area contributed by atoms with Crippen LogP contribution in [-0.2, 0) is 9.59 Å². The van der Waals surface area contributed by atoms with E-state index in [9.17, 15) is 14.4 Å². The molecule has 4 rings (SSSR count). The average Bonchev–Trinajstić information content (AvgIpc) is 2.83. The molecular formula is C25H31N3O3. The van der Waals surface area contributed by atoms with Gasteiger partial charge in [0.1, 0.15) is 0 Å². The summed E-state index contributed by atoms with van der Waals surface area (Å²) in [4.78, 5) is 41.5. The van der Waals surface area contributed by atoms with Gasteiger partial charge in [0.2, 0.25) is 11.8 Å². The Morgan fingerprint density at radius 2 is 1.55 bits per heavy atom. The highest BCUT2D eigenvalue weighted by Gasteiger charge is 2.30.